The molecule has 0 aliphatic carbocycles. The van der Waals surface area contributed by atoms with E-state index in [0.29, 0.717) is 13.2 Å². The number of hydrogen-bond donors (Lipinski definition) is 1. The third kappa shape index (κ3) is 3.32. The van der Waals surface area contributed by atoms with E-state index in [1.165, 1.54) is 0 Å². The quantitative estimate of drug-likeness (QED) is 0.590. The molecule has 0 amide bonds. The molecule has 1 rings (SSSR count). The Morgan fingerprint density at radius 2 is 2.00 bits per heavy atom. The van der Waals surface area contributed by atoms with Gasteiger partial charge in [0.25, 0.3) is 0 Å². The Morgan fingerprint density at radius 3 is 2.55 bits per heavy atom. The molecular formula is C8H12O3. The summed E-state index contributed by atoms with van der Waals surface area (Å²) in [5, 5.41) is 8.45. The van der Waals surface area contributed by atoms with Crippen LogP contribution < -0.4 is 0 Å². The summed E-state index contributed by atoms with van der Waals surface area (Å²) in [5.41, 5.74) is 0. The third-order valence-corrected chi connectivity index (χ3v) is 1.28. The molecule has 1 N–H and O–H groups in total. The molecule has 0 atom stereocenters. The van der Waals surface area contributed by atoms with Gasteiger partial charge in [-0.3, -0.25) is 0 Å². The fourth-order valence-electron chi connectivity index (χ4n) is 0.768. The number of aliphatic hydroxyl groups is 1. The molecule has 0 unspecified atom stereocenters. The van der Waals surface area contributed by atoms with Crippen LogP contribution in [0.15, 0.2) is 24.3 Å². The highest BCUT2D eigenvalue weighted by Crippen LogP contribution is 2.01. The van der Waals surface area contributed by atoms with Gasteiger partial charge >= 0.3 is 0 Å². The van der Waals surface area contributed by atoms with E-state index in [9.17, 15) is 0 Å². The van der Waals surface area contributed by atoms with Crippen molar-refractivity contribution < 1.29 is 14.6 Å². The molecule has 0 saturated carbocycles. The van der Waals surface area contributed by atoms with Crippen LogP contribution in [0.1, 0.15) is 0 Å². The maximum atomic E-state index is 8.45. The summed E-state index contributed by atoms with van der Waals surface area (Å²) >= 11 is 0. The van der Waals surface area contributed by atoms with Crippen LogP contribution >= 0.6 is 0 Å². The highest BCUT2D eigenvalue weighted by atomic mass is 16.7. The van der Waals surface area contributed by atoms with Gasteiger partial charge in [0.05, 0.1) is 19.8 Å². The van der Waals surface area contributed by atoms with Crippen molar-refractivity contribution in [3.8, 4) is 0 Å². The number of ether oxygens (including phenoxy) is 2. The predicted octanol–water partition coefficient (Wildman–Crippen LogP) is 0.464. The molecule has 0 aromatic rings. The van der Waals surface area contributed by atoms with Crippen molar-refractivity contribution in [2.24, 2.45) is 0 Å². The molecule has 0 aromatic heterocycles. The Morgan fingerprint density at radius 1 is 1.36 bits per heavy atom. The van der Waals surface area contributed by atoms with Crippen molar-refractivity contribution in [1.29, 1.82) is 0 Å². The van der Waals surface area contributed by atoms with Crippen LogP contribution in [0.5, 0.6) is 0 Å². The molecule has 0 aromatic carbocycles. The molecule has 1 heterocycles. The zero-order valence-corrected chi connectivity index (χ0v) is 6.27. The number of hydrogen-bond acceptors (Lipinski definition) is 3. The van der Waals surface area contributed by atoms with Crippen molar-refractivity contribution >= 4 is 0 Å². The Bertz CT molecular complexity index is 141. The van der Waals surface area contributed by atoms with E-state index in [1.54, 1.807) is 12.2 Å². The van der Waals surface area contributed by atoms with E-state index in [2.05, 4.69) is 0 Å². The van der Waals surface area contributed by atoms with Crippen LogP contribution in [-0.2, 0) is 9.47 Å². The van der Waals surface area contributed by atoms with Crippen LogP contribution in [0.25, 0.3) is 0 Å². The molecule has 0 spiro atoms. The minimum absolute atomic E-state index is 0.0245. The standard InChI is InChI=1S/C8H12O3/c9-5-3-4-8-10-6-1-2-7-11-8/h1-4,8-9H,5-7H2. The minimum Gasteiger partial charge on any atom is -0.392 e. The van der Waals surface area contributed by atoms with Gasteiger partial charge in [-0.25, -0.2) is 0 Å². The second kappa shape index (κ2) is 5.07. The van der Waals surface area contributed by atoms with E-state index in [1.807, 2.05) is 12.2 Å². The summed E-state index contributed by atoms with van der Waals surface area (Å²) in [7, 11) is 0. The topological polar surface area (TPSA) is 38.7 Å². The molecular weight excluding hydrogens is 144 g/mol. The maximum Gasteiger partial charge on any atom is 0.177 e. The first-order valence-electron chi connectivity index (χ1n) is 3.59. The average Bonchev–Trinajstić information content (AvgIpc) is 2.28. The largest absolute Gasteiger partial charge is 0.392 e. The van der Waals surface area contributed by atoms with Crippen molar-refractivity contribution in [2.45, 2.75) is 6.29 Å². The van der Waals surface area contributed by atoms with Gasteiger partial charge in [-0.2, -0.15) is 0 Å². The molecule has 1 aliphatic heterocycles. The second-order valence-electron chi connectivity index (χ2n) is 2.12. The van der Waals surface area contributed by atoms with Crippen molar-refractivity contribution in [1.82, 2.24) is 0 Å². The minimum atomic E-state index is -0.308. The predicted molar refractivity (Wildman–Crippen MR) is 41.1 cm³/mol. The van der Waals surface area contributed by atoms with Crippen LogP contribution in [0.3, 0.4) is 0 Å². The highest BCUT2D eigenvalue weighted by molar-refractivity contribution is 4.90. The molecule has 0 bridgehead atoms. The maximum absolute atomic E-state index is 8.45. The fraction of sp³-hybridized carbons (Fsp3) is 0.500. The van der Waals surface area contributed by atoms with Gasteiger partial charge in [0.15, 0.2) is 6.29 Å². The van der Waals surface area contributed by atoms with Gasteiger partial charge in [0, 0.05) is 0 Å². The molecule has 1 aliphatic rings. The summed E-state index contributed by atoms with van der Waals surface area (Å²) in [5.74, 6) is 0. The monoisotopic (exact) mass is 156 g/mol. The van der Waals surface area contributed by atoms with E-state index >= 15 is 0 Å². The van der Waals surface area contributed by atoms with E-state index in [4.69, 9.17) is 14.6 Å². The summed E-state index contributed by atoms with van der Waals surface area (Å²) in [4.78, 5) is 0. The first kappa shape index (κ1) is 8.46. The molecule has 62 valence electrons. The van der Waals surface area contributed by atoms with Crippen molar-refractivity contribution in [3.05, 3.63) is 24.3 Å². The molecule has 0 radical (unpaired) electrons. The van der Waals surface area contributed by atoms with Gasteiger partial charge in [-0.15, -0.1) is 0 Å². The average molecular weight is 156 g/mol. The summed E-state index contributed by atoms with van der Waals surface area (Å²) in [6, 6.07) is 0. The van der Waals surface area contributed by atoms with E-state index in [0.717, 1.165) is 0 Å². The highest BCUT2D eigenvalue weighted by Gasteiger charge is 2.04. The Hall–Kier alpha value is -0.640. The zero-order chi connectivity index (χ0) is 7.94. The van der Waals surface area contributed by atoms with Gasteiger partial charge in [0.1, 0.15) is 0 Å². The molecule has 0 fully saturated rings. The fourth-order valence-corrected chi connectivity index (χ4v) is 0.768. The van der Waals surface area contributed by atoms with Gasteiger partial charge in [-0.1, -0.05) is 18.2 Å². The van der Waals surface area contributed by atoms with Gasteiger partial charge in [-0.05, 0) is 6.08 Å². The zero-order valence-electron chi connectivity index (χ0n) is 6.27. The second-order valence-corrected chi connectivity index (χ2v) is 2.12. The third-order valence-electron chi connectivity index (χ3n) is 1.28. The SMILES string of the molecule is OCC=CC1OCC=CCO1. The Kier molecular flexibility index (Phi) is 3.90. The summed E-state index contributed by atoms with van der Waals surface area (Å²) < 4.78 is 10.4. The van der Waals surface area contributed by atoms with Crippen molar-refractivity contribution in [2.75, 3.05) is 19.8 Å². The lowest BCUT2D eigenvalue weighted by molar-refractivity contribution is -0.0880. The molecule has 11 heavy (non-hydrogen) atoms. The molecule has 0 saturated heterocycles. The van der Waals surface area contributed by atoms with Gasteiger partial charge in [0.2, 0.25) is 0 Å². The lowest BCUT2D eigenvalue weighted by atomic mass is 10.5. The lowest BCUT2D eigenvalue weighted by Gasteiger charge is -2.09. The van der Waals surface area contributed by atoms with E-state index < -0.39 is 0 Å². The normalized spacial score (nSPS) is 20.8. The number of aliphatic hydroxyl groups excluding tert-OH is 1. The molecule has 3 nitrogen and oxygen atoms in total. The Labute approximate surface area is 65.9 Å². The molecule has 3 heteroatoms. The van der Waals surface area contributed by atoms with Crippen LogP contribution in [0.2, 0.25) is 0 Å². The van der Waals surface area contributed by atoms with E-state index in [-0.39, 0.29) is 12.9 Å². The Balaban J connectivity index is 2.29. The summed E-state index contributed by atoms with van der Waals surface area (Å²) in [6.45, 7) is 1.16. The smallest absolute Gasteiger partial charge is 0.177 e. The van der Waals surface area contributed by atoms with Crippen LogP contribution in [0.4, 0.5) is 0 Å². The first-order chi connectivity index (χ1) is 5.43. The number of rotatable bonds is 2. The first-order valence-corrected chi connectivity index (χ1v) is 3.59. The van der Waals surface area contributed by atoms with Gasteiger partial charge < -0.3 is 14.6 Å². The lowest BCUT2D eigenvalue weighted by Crippen LogP contribution is -2.12. The van der Waals surface area contributed by atoms with Crippen molar-refractivity contribution in [3.63, 3.8) is 0 Å². The van der Waals surface area contributed by atoms with Crippen LogP contribution in [-0.4, -0.2) is 31.2 Å². The van der Waals surface area contributed by atoms with Crippen LogP contribution in [0, 0.1) is 0 Å². The summed E-state index contributed by atoms with van der Waals surface area (Å²) in [6.07, 6.45) is 6.82.